The van der Waals surface area contributed by atoms with Crippen LogP contribution in [0.4, 0.5) is 0 Å². The fourth-order valence-corrected chi connectivity index (χ4v) is 3.08. The Labute approximate surface area is 145 Å². The molecule has 4 rings (SSSR count). The van der Waals surface area contributed by atoms with Gasteiger partial charge >= 0.3 is 0 Å². The van der Waals surface area contributed by atoms with Crippen molar-refractivity contribution in [3.8, 4) is 11.5 Å². The van der Waals surface area contributed by atoms with Crippen molar-refractivity contribution in [2.75, 3.05) is 6.61 Å². The summed E-state index contributed by atoms with van der Waals surface area (Å²) in [7, 11) is 0. The van der Waals surface area contributed by atoms with Gasteiger partial charge in [0, 0.05) is 24.7 Å². The van der Waals surface area contributed by atoms with Crippen LogP contribution in [0.5, 0.6) is 0 Å². The van der Waals surface area contributed by atoms with Gasteiger partial charge in [-0.2, -0.15) is 10.1 Å². The summed E-state index contributed by atoms with van der Waals surface area (Å²) in [6.45, 7) is 5.61. The second-order valence-corrected chi connectivity index (χ2v) is 6.81. The third-order valence-corrected chi connectivity index (χ3v) is 4.20. The van der Waals surface area contributed by atoms with Crippen molar-refractivity contribution < 1.29 is 9.26 Å². The predicted octanol–water partition coefficient (Wildman–Crippen LogP) is 2.75. The number of ether oxygens (including phenoxy) is 1. The average Bonchev–Trinajstić information content (AvgIpc) is 3.35. The first-order valence-electron chi connectivity index (χ1n) is 8.69. The summed E-state index contributed by atoms with van der Waals surface area (Å²) < 4.78 is 12.9. The van der Waals surface area contributed by atoms with E-state index in [1.54, 1.807) is 6.20 Å². The van der Waals surface area contributed by atoms with Gasteiger partial charge in [-0.3, -0.25) is 5.10 Å². The second-order valence-electron chi connectivity index (χ2n) is 6.81. The molecule has 1 atom stereocenters. The smallest absolute Gasteiger partial charge is 0.255 e. The first-order valence-corrected chi connectivity index (χ1v) is 8.69. The lowest BCUT2D eigenvalue weighted by Gasteiger charge is -2.03. The quantitative estimate of drug-likeness (QED) is 0.740. The van der Waals surface area contributed by atoms with E-state index < -0.39 is 0 Å². The summed E-state index contributed by atoms with van der Waals surface area (Å²) >= 11 is 0. The first kappa shape index (κ1) is 16.0. The molecular formula is C17H22N6O2. The van der Waals surface area contributed by atoms with Gasteiger partial charge in [-0.1, -0.05) is 19.0 Å². The molecule has 3 aromatic rings. The van der Waals surface area contributed by atoms with Crippen molar-refractivity contribution in [3.63, 3.8) is 0 Å². The molecule has 0 amide bonds. The Morgan fingerprint density at radius 2 is 2.32 bits per heavy atom. The van der Waals surface area contributed by atoms with Gasteiger partial charge in [0.25, 0.3) is 5.89 Å². The van der Waals surface area contributed by atoms with Gasteiger partial charge in [-0.25, -0.2) is 4.98 Å². The molecule has 8 heteroatoms. The highest BCUT2D eigenvalue weighted by Gasteiger charge is 2.24. The Balaban J connectivity index is 1.51. The topological polar surface area (TPSA) is 94.7 Å². The zero-order chi connectivity index (χ0) is 17.2. The van der Waals surface area contributed by atoms with Gasteiger partial charge < -0.3 is 13.8 Å². The van der Waals surface area contributed by atoms with Gasteiger partial charge in [0.2, 0.25) is 0 Å². The van der Waals surface area contributed by atoms with E-state index >= 15 is 0 Å². The Kier molecular flexibility index (Phi) is 4.35. The maximum atomic E-state index is 5.59. The summed E-state index contributed by atoms with van der Waals surface area (Å²) in [5.74, 6) is 2.54. The lowest BCUT2D eigenvalue weighted by Crippen LogP contribution is -2.03. The molecule has 8 nitrogen and oxygen atoms in total. The molecule has 1 aliphatic rings. The molecule has 0 spiro atoms. The molecule has 132 valence electrons. The zero-order valence-electron chi connectivity index (χ0n) is 14.5. The highest BCUT2D eigenvalue weighted by atomic mass is 16.5. The Morgan fingerprint density at radius 3 is 3.12 bits per heavy atom. The standard InChI is InChI=1S/C17H22N6O2/c1-11(2)8-12-9-13(21-20-12)16-18-5-6-23(16)10-15-19-17(25-22-15)14-4-3-7-24-14/h5-6,9,11,14H,3-4,7-8,10H2,1-2H3,(H,20,21). The number of nitrogens with zero attached hydrogens (tertiary/aromatic N) is 5. The summed E-state index contributed by atoms with van der Waals surface area (Å²) in [6, 6.07) is 2.05. The lowest BCUT2D eigenvalue weighted by molar-refractivity contribution is 0.0835. The van der Waals surface area contributed by atoms with Crippen LogP contribution in [0.2, 0.25) is 0 Å². The number of imidazole rings is 1. The molecule has 4 heterocycles. The Hall–Kier alpha value is -2.48. The second kappa shape index (κ2) is 6.79. The van der Waals surface area contributed by atoms with E-state index in [0.29, 0.717) is 24.2 Å². The largest absolute Gasteiger partial charge is 0.368 e. The third kappa shape index (κ3) is 3.48. The van der Waals surface area contributed by atoms with Crippen LogP contribution in [0.1, 0.15) is 50.2 Å². The fraction of sp³-hybridized carbons (Fsp3) is 0.529. The van der Waals surface area contributed by atoms with E-state index in [-0.39, 0.29) is 6.10 Å². The maximum Gasteiger partial charge on any atom is 0.255 e. The average molecular weight is 342 g/mol. The van der Waals surface area contributed by atoms with Crippen molar-refractivity contribution >= 4 is 0 Å². The number of aromatic nitrogens is 6. The van der Waals surface area contributed by atoms with E-state index in [1.807, 2.05) is 16.8 Å². The summed E-state index contributed by atoms with van der Waals surface area (Å²) in [4.78, 5) is 8.90. The maximum absolute atomic E-state index is 5.59. The van der Waals surface area contributed by atoms with E-state index in [2.05, 4.69) is 39.2 Å². The van der Waals surface area contributed by atoms with Crippen molar-refractivity contribution in [3.05, 3.63) is 35.9 Å². The summed E-state index contributed by atoms with van der Waals surface area (Å²) in [5, 5.41) is 11.5. The molecule has 3 aromatic heterocycles. The third-order valence-electron chi connectivity index (χ3n) is 4.20. The number of H-pyrrole nitrogens is 1. The van der Waals surface area contributed by atoms with Crippen LogP contribution in [0.25, 0.3) is 11.5 Å². The van der Waals surface area contributed by atoms with E-state index in [4.69, 9.17) is 9.26 Å². The normalized spacial score (nSPS) is 17.6. The van der Waals surface area contributed by atoms with Crippen molar-refractivity contribution in [1.82, 2.24) is 29.9 Å². The SMILES string of the molecule is CC(C)Cc1cc(-c2nccn2Cc2noc(C3CCCO3)n2)n[nH]1. The minimum atomic E-state index is -0.0616. The number of aromatic amines is 1. The monoisotopic (exact) mass is 342 g/mol. The summed E-state index contributed by atoms with van der Waals surface area (Å²) in [6.07, 6.45) is 6.52. The fourth-order valence-electron chi connectivity index (χ4n) is 3.08. The van der Waals surface area contributed by atoms with Crippen LogP contribution in [0, 0.1) is 5.92 Å². The molecule has 1 N–H and O–H groups in total. The number of rotatable bonds is 6. The van der Waals surface area contributed by atoms with Crippen LogP contribution in [-0.4, -0.2) is 36.5 Å². The molecular weight excluding hydrogens is 320 g/mol. The first-order chi connectivity index (χ1) is 12.2. The number of hydrogen-bond donors (Lipinski definition) is 1. The summed E-state index contributed by atoms with van der Waals surface area (Å²) in [5.41, 5.74) is 1.93. The zero-order valence-corrected chi connectivity index (χ0v) is 14.5. The van der Waals surface area contributed by atoms with Gasteiger partial charge in [-0.05, 0) is 31.2 Å². The van der Waals surface area contributed by atoms with Crippen LogP contribution in [0.3, 0.4) is 0 Å². The minimum Gasteiger partial charge on any atom is -0.368 e. The van der Waals surface area contributed by atoms with E-state index in [0.717, 1.165) is 43.1 Å². The number of hydrogen-bond acceptors (Lipinski definition) is 6. The molecule has 1 unspecified atom stereocenters. The lowest BCUT2D eigenvalue weighted by atomic mass is 10.1. The highest BCUT2D eigenvalue weighted by molar-refractivity contribution is 5.50. The molecule has 1 aliphatic heterocycles. The van der Waals surface area contributed by atoms with E-state index in [1.165, 1.54) is 0 Å². The number of nitrogens with one attached hydrogen (secondary N) is 1. The molecule has 1 saturated heterocycles. The molecule has 0 radical (unpaired) electrons. The molecule has 0 aromatic carbocycles. The minimum absolute atomic E-state index is 0.0616. The van der Waals surface area contributed by atoms with E-state index in [9.17, 15) is 0 Å². The molecule has 0 aliphatic carbocycles. The van der Waals surface area contributed by atoms with Gasteiger partial charge in [0.15, 0.2) is 11.6 Å². The van der Waals surface area contributed by atoms with Gasteiger partial charge in [0.1, 0.15) is 11.8 Å². The Morgan fingerprint density at radius 1 is 1.40 bits per heavy atom. The van der Waals surface area contributed by atoms with Gasteiger partial charge in [-0.15, -0.1) is 0 Å². The molecule has 1 fully saturated rings. The van der Waals surface area contributed by atoms with Crippen LogP contribution in [-0.2, 0) is 17.7 Å². The molecule has 0 bridgehead atoms. The van der Waals surface area contributed by atoms with Crippen molar-refractivity contribution in [1.29, 1.82) is 0 Å². The molecule has 0 saturated carbocycles. The van der Waals surface area contributed by atoms with Crippen LogP contribution < -0.4 is 0 Å². The highest BCUT2D eigenvalue weighted by Crippen LogP contribution is 2.27. The predicted molar refractivity (Wildman–Crippen MR) is 89.7 cm³/mol. The van der Waals surface area contributed by atoms with Crippen LogP contribution in [0.15, 0.2) is 23.0 Å². The van der Waals surface area contributed by atoms with Crippen molar-refractivity contribution in [2.45, 2.75) is 45.8 Å². The molecule has 25 heavy (non-hydrogen) atoms. The van der Waals surface area contributed by atoms with Crippen LogP contribution >= 0.6 is 0 Å². The Bertz CT molecular complexity index is 828. The van der Waals surface area contributed by atoms with Crippen molar-refractivity contribution in [2.24, 2.45) is 5.92 Å². The van der Waals surface area contributed by atoms with Gasteiger partial charge in [0.05, 0.1) is 6.54 Å².